The van der Waals surface area contributed by atoms with Gasteiger partial charge in [0.05, 0.1) is 10.8 Å². The third-order valence-corrected chi connectivity index (χ3v) is 3.73. The van der Waals surface area contributed by atoms with E-state index in [9.17, 15) is 20.0 Å². The van der Waals surface area contributed by atoms with E-state index in [1.807, 2.05) is 6.92 Å². The number of nitrogens with one attached hydrogen (secondary N) is 1. The maximum atomic E-state index is 11.2. The molecule has 8 heteroatoms. The first-order valence-corrected chi connectivity index (χ1v) is 6.66. The summed E-state index contributed by atoms with van der Waals surface area (Å²) >= 11 is 0. The lowest BCUT2D eigenvalue weighted by atomic mass is 10.0. The summed E-state index contributed by atoms with van der Waals surface area (Å²) in [5.74, 6) is -1.05. The molecule has 8 nitrogen and oxygen atoms in total. The molecule has 110 valence electrons. The Bertz CT molecular complexity index is 540. The Labute approximate surface area is 115 Å². The van der Waals surface area contributed by atoms with Crippen LogP contribution in [0.1, 0.15) is 31.9 Å². The summed E-state index contributed by atoms with van der Waals surface area (Å²) in [6.45, 7) is 3.91. The number of hydrogen-bond acceptors (Lipinski definition) is 5. The van der Waals surface area contributed by atoms with E-state index in [0.29, 0.717) is 30.9 Å². The third-order valence-electron chi connectivity index (χ3n) is 3.73. The number of carbonyl (C=O) groups is 1. The predicted molar refractivity (Wildman–Crippen MR) is 71.7 cm³/mol. The first-order chi connectivity index (χ1) is 9.45. The molecule has 2 unspecified atom stereocenters. The highest BCUT2D eigenvalue weighted by Gasteiger charge is 2.36. The largest absolute Gasteiger partial charge is 0.481 e. The molecular formula is C12H18N4O4. The quantitative estimate of drug-likeness (QED) is 0.629. The second-order valence-corrected chi connectivity index (χ2v) is 4.98. The first kappa shape index (κ1) is 14.3. The van der Waals surface area contributed by atoms with E-state index in [-0.39, 0.29) is 11.7 Å². The van der Waals surface area contributed by atoms with Crippen LogP contribution in [0, 0.1) is 23.0 Å². The zero-order valence-electron chi connectivity index (χ0n) is 11.5. The Morgan fingerprint density at radius 2 is 2.30 bits per heavy atom. The Kier molecular flexibility index (Phi) is 3.91. The van der Waals surface area contributed by atoms with Crippen molar-refractivity contribution in [1.29, 1.82) is 0 Å². The smallest absolute Gasteiger partial charge is 0.333 e. The van der Waals surface area contributed by atoms with Crippen molar-refractivity contribution in [3.05, 3.63) is 15.8 Å². The van der Waals surface area contributed by atoms with Gasteiger partial charge in [0.15, 0.2) is 0 Å². The second kappa shape index (κ2) is 5.48. The van der Waals surface area contributed by atoms with Gasteiger partial charge in [0.25, 0.3) is 0 Å². The molecule has 20 heavy (non-hydrogen) atoms. The minimum absolute atomic E-state index is 0.0668. The normalized spacial score (nSPS) is 21.9. The van der Waals surface area contributed by atoms with Gasteiger partial charge < -0.3 is 10.4 Å². The summed E-state index contributed by atoms with van der Waals surface area (Å²) in [6, 6.07) is -0.285. The molecule has 0 aliphatic heterocycles. The summed E-state index contributed by atoms with van der Waals surface area (Å²) in [5, 5.41) is 27.5. The van der Waals surface area contributed by atoms with E-state index in [2.05, 4.69) is 10.4 Å². The highest BCUT2D eigenvalue weighted by atomic mass is 16.6. The molecule has 0 aromatic carbocycles. The SMILES string of the molecule is CCn1nc(C)c([N+](=O)[O-])c1NC1CCCC1C(=O)O. The zero-order valence-corrected chi connectivity index (χ0v) is 11.5. The van der Waals surface area contributed by atoms with Gasteiger partial charge in [0.1, 0.15) is 5.69 Å². The van der Waals surface area contributed by atoms with Crippen molar-refractivity contribution in [2.75, 3.05) is 5.32 Å². The Morgan fingerprint density at radius 1 is 1.60 bits per heavy atom. The lowest BCUT2D eigenvalue weighted by molar-refractivity contribution is -0.384. The van der Waals surface area contributed by atoms with Gasteiger partial charge in [-0.05, 0) is 26.7 Å². The average Bonchev–Trinajstić information content (AvgIpc) is 2.94. The van der Waals surface area contributed by atoms with E-state index >= 15 is 0 Å². The number of nitro groups is 1. The second-order valence-electron chi connectivity index (χ2n) is 4.98. The third kappa shape index (κ3) is 2.45. The van der Waals surface area contributed by atoms with Crippen molar-refractivity contribution in [3.63, 3.8) is 0 Å². The molecule has 1 aliphatic carbocycles. The minimum Gasteiger partial charge on any atom is -0.481 e. The molecule has 0 amide bonds. The molecular weight excluding hydrogens is 264 g/mol. The summed E-state index contributed by atoms with van der Waals surface area (Å²) < 4.78 is 1.52. The van der Waals surface area contributed by atoms with Crippen LogP contribution in [0.2, 0.25) is 0 Å². The molecule has 1 aliphatic rings. The maximum absolute atomic E-state index is 11.2. The maximum Gasteiger partial charge on any atom is 0.333 e. The Balaban J connectivity index is 2.32. The molecule has 1 saturated carbocycles. The molecule has 1 fully saturated rings. The van der Waals surface area contributed by atoms with E-state index in [0.717, 1.165) is 6.42 Å². The van der Waals surface area contributed by atoms with Crippen LogP contribution in [0.3, 0.4) is 0 Å². The molecule has 1 aromatic rings. The van der Waals surface area contributed by atoms with Gasteiger partial charge in [-0.1, -0.05) is 6.42 Å². The van der Waals surface area contributed by atoms with Crippen LogP contribution in [0.4, 0.5) is 11.5 Å². The van der Waals surface area contributed by atoms with E-state index in [4.69, 9.17) is 0 Å². The monoisotopic (exact) mass is 282 g/mol. The van der Waals surface area contributed by atoms with Gasteiger partial charge in [-0.15, -0.1) is 0 Å². The van der Waals surface area contributed by atoms with Crippen molar-refractivity contribution < 1.29 is 14.8 Å². The molecule has 0 saturated heterocycles. The minimum atomic E-state index is -0.859. The Hall–Kier alpha value is -2.12. The van der Waals surface area contributed by atoms with Crippen LogP contribution in [-0.4, -0.2) is 31.8 Å². The number of aromatic nitrogens is 2. The molecule has 2 atom stereocenters. The van der Waals surface area contributed by atoms with Crippen LogP contribution >= 0.6 is 0 Å². The summed E-state index contributed by atoms with van der Waals surface area (Å²) in [7, 11) is 0. The van der Waals surface area contributed by atoms with Gasteiger partial charge in [0, 0.05) is 12.6 Å². The lowest BCUT2D eigenvalue weighted by Gasteiger charge is -2.18. The number of carboxylic acids is 1. The van der Waals surface area contributed by atoms with Gasteiger partial charge in [0.2, 0.25) is 5.82 Å². The highest BCUT2D eigenvalue weighted by Crippen LogP contribution is 2.34. The van der Waals surface area contributed by atoms with Crippen LogP contribution in [-0.2, 0) is 11.3 Å². The number of hydrogen-bond donors (Lipinski definition) is 2. The summed E-state index contributed by atoms with van der Waals surface area (Å²) in [4.78, 5) is 21.9. The number of aliphatic carboxylic acids is 1. The van der Waals surface area contributed by atoms with Crippen LogP contribution in [0.15, 0.2) is 0 Å². The van der Waals surface area contributed by atoms with Crippen molar-refractivity contribution in [3.8, 4) is 0 Å². The van der Waals surface area contributed by atoms with E-state index in [1.165, 1.54) is 4.68 Å². The number of aryl methyl sites for hydroxylation is 2. The van der Waals surface area contributed by atoms with E-state index < -0.39 is 16.8 Å². The molecule has 0 bridgehead atoms. The fourth-order valence-corrected chi connectivity index (χ4v) is 2.77. The van der Waals surface area contributed by atoms with Crippen LogP contribution in [0.25, 0.3) is 0 Å². The predicted octanol–water partition coefficient (Wildman–Crippen LogP) is 1.78. The topological polar surface area (TPSA) is 110 Å². The first-order valence-electron chi connectivity index (χ1n) is 6.66. The average molecular weight is 282 g/mol. The lowest BCUT2D eigenvalue weighted by Crippen LogP contribution is -2.31. The highest BCUT2D eigenvalue weighted by molar-refractivity contribution is 5.72. The summed E-state index contributed by atoms with van der Waals surface area (Å²) in [5.41, 5.74) is 0.270. The molecule has 0 spiro atoms. The molecule has 0 radical (unpaired) electrons. The Morgan fingerprint density at radius 3 is 2.85 bits per heavy atom. The van der Waals surface area contributed by atoms with Gasteiger partial charge in [-0.2, -0.15) is 5.10 Å². The van der Waals surface area contributed by atoms with Crippen molar-refractivity contribution in [2.24, 2.45) is 5.92 Å². The molecule has 1 heterocycles. The standard InChI is InChI=1S/C12H18N4O4/c1-3-15-11(10(16(19)20)7(2)14-15)13-9-6-4-5-8(9)12(17)18/h8-9,13H,3-6H2,1-2H3,(H,17,18). The number of anilines is 1. The van der Waals surface area contributed by atoms with Gasteiger partial charge >= 0.3 is 11.7 Å². The zero-order chi connectivity index (χ0) is 14.9. The van der Waals surface area contributed by atoms with Gasteiger partial charge in [-0.3, -0.25) is 14.9 Å². The number of rotatable bonds is 5. The van der Waals surface area contributed by atoms with Crippen molar-refractivity contribution in [2.45, 2.75) is 45.7 Å². The van der Waals surface area contributed by atoms with Gasteiger partial charge in [-0.25, -0.2) is 4.68 Å². The van der Waals surface area contributed by atoms with Crippen molar-refractivity contribution in [1.82, 2.24) is 9.78 Å². The fourth-order valence-electron chi connectivity index (χ4n) is 2.77. The van der Waals surface area contributed by atoms with Crippen LogP contribution in [0.5, 0.6) is 0 Å². The number of carboxylic acid groups (broad SMARTS) is 1. The number of nitrogens with zero attached hydrogens (tertiary/aromatic N) is 3. The van der Waals surface area contributed by atoms with Crippen molar-refractivity contribution >= 4 is 17.5 Å². The van der Waals surface area contributed by atoms with E-state index in [1.54, 1.807) is 6.92 Å². The summed E-state index contributed by atoms with van der Waals surface area (Å²) in [6.07, 6.45) is 2.10. The molecule has 2 rings (SSSR count). The molecule has 2 N–H and O–H groups in total. The van der Waals surface area contributed by atoms with Crippen LogP contribution < -0.4 is 5.32 Å². The molecule has 1 aromatic heterocycles. The fraction of sp³-hybridized carbons (Fsp3) is 0.667.